The maximum Gasteiger partial charge on any atom is 0.224 e. The van der Waals surface area contributed by atoms with E-state index in [0.29, 0.717) is 46.0 Å². The van der Waals surface area contributed by atoms with Gasteiger partial charge < -0.3 is 25.6 Å². The molecule has 0 spiro atoms. The molecule has 21 heavy (non-hydrogen) atoms. The van der Waals surface area contributed by atoms with E-state index in [2.05, 4.69) is 10.2 Å². The van der Waals surface area contributed by atoms with Crippen LogP contribution >= 0.6 is 0 Å². The molecule has 1 aliphatic rings. The number of ether oxygens (including phenoxy) is 2. The summed E-state index contributed by atoms with van der Waals surface area (Å²) < 4.78 is 10.2. The highest BCUT2D eigenvalue weighted by atomic mass is 16.5. The Balaban J connectivity index is 2.23. The first-order valence-electron chi connectivity index (χ1n) is 7.62. The van der Waals surface area contributed by atoms with Gasteiger partial charge in [0.1, 0.15) is 0 Å². The molecule has 0 saturated carbocycles. The van der Waals surface area contributed by atoms with Crippen LogP contribution in [0, 0.1) is 5.92 Å². The van der Waals surface area contributed by atoms with Gasteiger partial charge in [-0.2, -0.15) is 0 Å². The predicted molar refractivity (Wildman–Crippen MR) is 79.9 cm³/mol. The van der Waals surface area contributed by atoms with Crippen LogP contribution in [-0.4, -0.2) is 81.7 Å². The van der Waals surface area contributed by atoms with Crippen LogP contribution in [0.5, 0.6) is 0 Å². The van der Waals surface area contributed by atoms with Crippen molar-refractivity contribution in [1.82, 2.24) is 10.2 Å². The number of hydrogen-bond donors (Lipinski definition) is 3. The molecule has 0 aromatic rings. The Hall–Kier alpha value is -0.730. The second-order valence-electron chi connectivity index (χ2n) is 5.40. The van der Waals surface area contributed by atoms with E-state index >= 15 is 0 Å². The van der Waals surface area contributed by atoms with Crippen LogP contribution < -0.4 is 11.1 Å². The maximum atomic E-state index is 11.9. The molecule has 2 atom stereocenters. The number of aliphatic hydroxyl groups is 1. The Bertz CT molecular complexity index is 291. The van der Waals surface area contributed by atoms with E-state index < -0.39 is 6.10 Å². The van der Waals surface area contributed by atoms with Crippen molar-refractivity contribution >= 4 is 5.91 Å². The molecule has 0 aromatic heterocycles. The predicted octanol–water partition coefficient (Wildman–Crippen LogP) is -1.20. The lowest BCUT2D eigenvalue weighted by Gasteiger charge is -2.33. The SMILES string of the molecule is COCCOCC(O)CN1CCCC(C(=O)NCCN)C1. The third-order valence-corrected chi connectivity index (χ3v) is 3.53. The zero-order valence-electron chi connectivity index (χ0n) is 12.9. The number of carbonyl (C=O) groups excluding carboxylic acids is 1. The second-order valence-corrected chi connectivity index (χ2v) is 5.40. The molecule has 1 aliphatic heterocycles. The fourth-order valence-electron chi connectivity index (χ4n) is 2.49. The van der Waals surface area contributed by atoms with Gasteiger partial charge in [-0.25, -0.2) is 0 Å². The molecule has 1 saturated heterocycles. The zero-order chi connectivity index (χ0) is 15.5. The first-order chi connectivity index (χ1) is 10.2. The lowest BCUT2D eigenvalue weighted by molar-refractivity contribution is -0.126. The molecular formula is C14H29N3O4. The van der Waals surface area contributed by atoms with Gasteiger partial charge in [-0.05, 0) is 19.4 Å². The van der Waals surface area contributed by atoms with Crippen molar-refractivity contribution in [1.29, 1.82) is 0 Å². The molecule has 0 radical (unpaired) electrons. The van der Waals surface area contributed by atoms with Crippen LogP contribution in [0.1, 0.15) is 12.8 Å². The van der Waals surface area contributed by atoms with Crippen LogP contribution in [0.15, 0.2) is 0 Å². The summed E-state index contributed by atoms with van der Waals surface area (Å²) in [6.45, 7) is 4.42. The molecular weight excluding hydrogens is 274 g/mol. The molecule has 4 N–H and O–H groups in total. The van der Waals surface area contributed by atoms with Crippen molar-refractivity contribution in [2.24, 2.45) is 11.7 Å². The summed E-state index contributed by atoms with van der Waals surface area (Å²) in [5.41, 5.74) is 5.39. The summed E-state index contributed by atoms with van der Waals surface area (Å²) in [5.74, 6) is 0.0582. The minimum absolute atomic E-state index is 0.00749. The van der Waals surface area contributed by atoms with Gasteiger partial charge >= 0.3 is 0 Å². The summed E-state index contributed by atoms with van der Waals surface area (Å²) >= 11 is 0. The number of amides is 1. The number of rotatable bonds is 10. The van der Waals surface area contributed by atoms with E-state index in [1.54, 1.807) is 7.11 Å². The topological polar surface area (TPSA) is 97.0 Å². The molecule has 7 nitrogen and oxygen atoms in total. The Morgan fingerprint density at radius 1 is 1.52 bits per heavy atom. The Labute approximate surface area is 126 Å². The quantitative estimate of drug-likeness (QED) is 0.439. The van der Waals surface area contributed by atoms with Crippen LogP contribution in [0.3, 0.4) is 0 Å². The monoisotopic (exact) mass is 303 g/mol. The lowest BCUT2D eigenvalue weighted by atomic mass is 9.97. The smallest absolute Gasteiger partial charge is 0.224 e. The molecule has 0 aliphatic carbocycles. The molecule has 1 fully saturated rings. The zero-order valence-corrected chi connectivity index (χ0v) is 12.9. The van der Waals surface area contributed by atoms with Gasteiger partial charge in [-0.15, -0.1) is 0 Å². The number of nitrogens with one attached hydrogen (secondary N) is 1. The fourth-order valence-corrected chi connectivity index (χ4v) is 2.49. The van der Waals surface area contributed by atoms with Crippen molar-refractivity contribution in [2.45, 2.75) is 18.9 Å². The van der Waals surface area contributed by atoms with Gasteiger partial charge in [-0.3, -0.25) is 9.69 Å². The number of methoxy groups -OCH3 is 1. The van der Waals surface area contributed by atoms with Gasteiger partial charge in [0.2, 0.25) is 5.91 Å². The normalized spacial score (nSPS) is 21.2. The number of carbonyl (C=O) groups is 1. The Kier molecular flexibility index (Phi) is 9.53. The number of aliphatic hydroxyl groups excluding tert-OH is 1. The Morgan fingerprint density at radius 2 is 2.33 bits per heavy atom. The van der Waals surface area contributed by atoms with E-state index in [-0.39, 0.29) is 11.8 Å². The highest BCUT2D eigenvalue weighted by Crippen LogP contribution is 2.16. The lowest BCUT2D eigenvalue weighted by Crippen LogP contribution is -2.46. The van der Waals surface area contributed by atoms with E-state index in [9.17, 15) is 9.90 Å². The molecule has 0 bridgehead atoms. The van der Waals surface area contributed by atoms with Gasteiger partial charge in [-0.1, -0.05) is 0 Å². The van der Waals surface area contributed by atoms with Crippen LogP contribution in [-0.2, 0) is 14.3 Å². The molecule has 1 rings (SSSR count). The largest absolute Gasteiger partial charge is 0.389 e. The summed E-state index contributed by atoms with van der Waals surface area (Å²) in [6.07, 6.45) is 1.33. The third-order valence-electron chi connectivity index (χ3n) is 3.53. The highest BCUT2D eigenvalue weighted by molar-refractivity contribution is 5.78. The summed E-state index contributed by atoms with van der Waals surface area (Å²) in [4.78, 5) is 14.1. The van der Waals surface area contributed by atoms with Crippen molar-refractivity contribution in [3.8, 4) is 0 Å². The van der Waals surface area contributed by atoms with Gasteiger partial charge in [0.25, 0.3) is 0 Å². The number of nitrogens with zero attached hydrogens (tertiary/aromatic N) is 1. The molecule has 1 amide bonds. The van der Waals surface area contributed by atoms with Crippen molar-refractivity contribution < 1.29 is 19.4 Å². The minimum atomic E-state index is -0.535. The molecule has 7 heteroatoms. The van der Waals surface area contributed by atoms with E-state index in [1.807, 2.05) is 0 Å². The number of piperidine rings is 1. The third kappa shape index (κ3) is 7.73. The standard InChI is InChI=1S/C14H29N3O4/c1-20-7-8-21-11-13(18)10-17-6-2-3-12(9-17)14(19)16-5-4-15/h12-13,18H,2-11,15H2,1H3,(H,16,19). The number of nitrogens with two attached hydrogens (primary N) is 1. The number of hydrogen-bond acceptors (Lipinski definition) is 6. The fraction of sp³-hybridized carbons (Fsp3) is 0.929. The average molecular weight is 303 g/mol. The van der Waals surface area contributed by atoms with Crippen molar-refractivity contribution in [2.75, 3.05) is 59.7 Å². The minimum Gasteiger partial charge on any atom is -0.389 e. The molecule has 124 valence electrons. The number of β-amino-alcohol motifs (C(OH)–C–C–N with tert-alkyl or cyclic N) is 1. The second kappa shape index (κ2) is 10.9. The molecule has 1 heterocycles. The van der Waals surface area contributed by atoms with Gasteiger partial charge in [0.15, 0.2) is 0 Å². The van der Waals surface area contributed by atoms with Crippen LogP contribution in [0.4, 0.5) is 0 Å². The van der Waals surface area contributed by atoms with E-state index in [4.69, 9.17) is 15.2 Å². The molecule has 0 aromatic carbocycles. The van der Waals surface area contributed by atoms with Gasteiger partial charge in [0.05, 0.1) is 31.8 Å². The van der Waals surface area contributed by atoms with E-state index in [1.165, 1.54) is 0 Å². The summed E-state index contributed by atoms with van der Waals surface area (Å²) in [7, 11) is 1.61. The van der Waals surface area contributed by atoms with Gasteiger partial charge in [0, 0.05) is 33.3 Å². The summed E-state index contributed by atoms with van der Waals surface area (Å²) in [6, 6.07) is 0. The van der Waals surface area contributed by atoms with Crippen molar-refractivity contribution in [3.63, 3.8) is 0 Å². The maximum absolute atomic E-state index is 11.9. The number of likely N-dealkylation sites (tertiary alicyclic amines) is 1. The van der Waals surface area contributed by atoms with Crippen LogP contribution in [0.25, 0.3) is 0 Å². The first kappa shape index (κ1) is 18.3. The average Bonchev–Trinajstić information content (AvgIpc) is 2.49. The van der Waals surface area contributed by atoms with Crippen molar-refractivity contribution in [3.05, 3.63) is 0 Å². The first-order valence-corrected chi connectivity index (χ1v) is 7.62. The van der Waals surface area contributed by atoms with E-state index in [0.717, 1.165) is 19.4 Å². The molecule has 2 unspecified atom stereocenters. The summed E-state index contributed by atoms with van der Waals surface area (Å²) in [5, 5.41) is 12.8. The Morgan fingerprint density at radius 3 is 3.05 bits per heavy atom. The van der Waals surface area contributed by atoms with Crippen LogP contribution in [0.2, 0.25) is 0 Å². The highest BCUT2D eigenvalue weighted by Gasteiger charge is 2.26.